The van der Waals surface area contributed by atoms with Gasteiger partial charge in [-0.25, -0.2) is 4.79 Å². The molecule has 1 aromatic heterocycles. The van der Waals surface area contributed by atoms with Crippen LogP contribution in [0.25, 0.3) is 0 Å². The summed E-state index contributed by atoms with van der Waals surface area (Å²) < 4.78 is 9.84. The third-order valence-corrected chi connectivity index (χ3v) is 3.12. The molecule has 0 spiro atoms. The van der Waals surface area contributed by atoms with Crippen LogP contribution in [-0.4, -0.2) is 30.7 Å². The van der Waals surface area contributed by atoms with Gasteiger partial charge in [0.25, 0.3) is 5.91 Å². The molecule has 0 atom stereocenters. The molecule has 0 radical (unpaired) electrons. The normalized spacial score (nSPS) is 9.92. The van der Waals surface area contributed by atoms with Gasteiger partial charge in [0.1, 0.15) is 5.75 Å². The number of alkyl carbamates (subject to hydrolysis) is 1. The number of nitrogens with zero attached hydrogens (tertiary/aromatic N) is 1. The second-order valence-corrected chi connectivity index (χ2v) is 4.79. The Bertz CT molecular complexity index is 701. The maximum Gasteiger partial charge on any atom is 0.407 e. The van der Waals surface area contributed by atoms with Crippen LogP contribution in [0, 0.1) is 0 Å². The van der Waals surface area contributed by atoms with Crippen molar-refractivity contribution in [2.75, 3.05) is 19.0 Å². The molecular formula is C17H19N3O4. The Morgan fingerprint density at radius 3 is 2.58 bits per heavy atom. The smallest absolute Gasteiger partial charge is 0.407 e. The molecule has 0 aliphatic carbocycles. The Labute approximate surface area is 140 Å². The average molecular weight is 329 g/mol. The number of rotatable bonds is 6. The zero-order chi connectivity index (χ0) is 17.4. The van der Waals surface area contributed by atoms with E-state index >= 15 is 0 Å². The van der Waals surface area contributed by atoms with Gasteiger partial charge in [-0.1, -0.05) is 0 Å². The van der Waals surface area contributed by atoms with E-state index in [2.05, 4.69) is 15.6 Å². The molecule has 7 nitrogen and oxygen atoms in total. The van der Waals surface area contributed by atoms with E-state index in [1.807, 2.05) is 0 Å². The molecule has 0 saturated heterocycles. The SMILES string of the molecule is CCOC(=O)NCc1cc(C(=O)Nc2ccc(OC)cc2)ccn1. The number of ether oxygens (including phenoxy) is 2. The molecule has 2 amide bonds. The molecule has 0 aliphatic rings. The number of carbonyl (C=O) groups excluding carboxylic acids is 2. The molecule has 0 unspecified atom stereocenters. The van der Waals surface area contributed by atoms with E-state index in [0.717, 1.165) is 0 Å². The van der Waals surface area contributed by atoms with Crippen molar-refractivity contribution in [1.82, 2.24) is 10.3 Å². The first-order chi connectivity index (χ1) is 11.6. The first-order valence-corrected chi connectivity index (χ1v) is 7.43. The number of aromatic nitrogens is 1. The van der Waals surface area contributed by atoms with Gasteiger partial charge in [0.15, 0.2) is 0 Å². The summed E-state index contributed by atoms with van der Waals surface area (Å²) in [7, 11) is 1.58. The average Bonchev–Trinajstić information content (AvgIpc) is 2.61. The van der Waals surface area contributed by atoms with Crippen LogP contribution in [0.3, 0.4) is 0 Å². The summed E-state index contributed by atoms with van der Waals surface area (Å²) in [5.41, 5.74) is 1.66. The summed E-state index contributed by atoms with van der Waals surface area (Å²) in [6, 6.07) is 10.2. The van der Waals surface area contributed by atoms with E-state index < -0.39 is 6.09 Å². The monoisotopic (exact) mass is 329 g/mol. The molecule has 0 bridgehead atoms. The molecule has 0 aliphatic heterocycles. The van der Waals surface area contributed by atoms with Gasteiger partial charge in [-0.3, -0.25) is 9.78 Å². The Hall–Kier alpha value is -3.09. The number of hydrogen-bond acceptors (Lipinski definition) is 5. The predicted molar refractivity (Wildman–Crippen MR) is 89.0 cm³/mol. The van der Waals surface area contributed by atoms with Crippen molar-refractivity contribution in [1.29, 1.82) is 0 Å². The molecule has 2 N–H and O–H groups in total. The van der Waals surface area contributed by atoms with Crippen LogP contribution in [0.4, 0.5) is 10.5 Å². The number of methoxy groups -OCH3 is 1. The zero-order valence-electron chi connectivity index (χ0n) is 13.5. The third-order valence-electron chi connectivity index (χ3n) is 3.12. The summed E-state index contributed by atoms with van der Waals surface area (Å²) >= 11 is 0. The van der Waals surface area contributed by atoms with Crippen molar-refractivity contribution in [3.63, 3.8) is 0 Å². The van der Waals surface area contributed by atoms with Crippen molar-refractivity contribution in [2.24, 2.45) is 0 Å². The van der Waals surface area contributed by atoms with E-state index in [1.165, 1.54) is 6.20 Å². The lowest BCUT2D eigenvalue weighted by Gasteiger charge is -2.08. The standard InChI is InChI=1S/C17H19N3O4/c1-3-24-17(22)19-11-14-10-12(8-9-18-14)16(21)20-13-4-6-15(23-2)7-5-13/h4-10H,3,11H2,1-2H3,(H,19,22)(H,20,21). The number of pyridine rings is 1. The topological polar surface area (TPSA) is 89.5 Å². The van der Waals surface area contributed by atoms with Gasteiger partial charge in [-0.15, -0.1) is 0 Å². The lowest BCUT2D eigenvalue weighted by molar-refractivity contribution is 0.102. The second-order valence-electron chi connectivity index (χ2n) is 4.79. The van der Waals surface area contributed by atoms with Crippen LogP contribution in [0.1, 0.15) is 23.0 Å². The molecule has 1 aromatic carbocycles. The second kappa shape index (κ2) is 8.52. The summed E-state index contributed by atoms with van der Waals surface area (Å²) in [5.74, 6) is 0.448. The van der Waals surface area contributed by atoms with Gasteiger partial charge in [0.2, 0.25) is 0 Å². The minimum Gasteiger partial charge on any atom is -0.497 e. The highest BCUT2D eigenvalue weighted by Gasteiger charge is 2.09. The van der Waals surface area contributed by atoms with Crippen LogP contribution < -0.4 is 15.4 Å². The van der Waals surface area contributed by atoms with Crippen molar-refractivity contribution < 1.29 is 19.1 Å². The molecule has 24 heavy (non-hydrogen) atoms. The van der Waals surface area contributed by atoms with E-state index in [4.69, 9.17) is 9.47 Å². The van der Waals surface area contributed by atoms with Crippen LogP contribution in [0.2, 0.25) is 0 Å². The highest BCUT2D eigenvalue weighted by molar-refractivity contribution is 6.04. The summed E-state index contributed by atoms with van der Waals surface area (Å²) in [5, 5.41) is 5.35. The number of anilines is 1. The fraction of sp³-hybridized carbons (Fsp3) is 0.235. The third kappa shape index (κ3) is 4.98. The first-order valence-electron chi connectivity index (χ1n) is 7.43. The summed E-state index contributed by atoms with van der Waals surface area (Å²) in [6.07, 6.45) is 0.998. The molecule has 0 fully saturated rings. The molecule has 0 saturated carbocycles. The van der Waals surface area contributed by atoms with Crippen LogP contribution in [-0.2, 0) is 11.3 Å². The van der Waals surface area contributed by atoms with Crippen molar-refractivity contribution >= 4 is 17.7 Å². The lowest BCUT2D eigenvalue weighted by atomic mass is 10.2. The molecule has 2 rings (SSSR count). The lowest BCUT2D eigenvalue weighted by Crippen LogP contribution is -2.24. The Balaban J connectivity index is 1.98. The van der Waals surface area contributed by atoms with Crippen LogP contribution in [0.15, 0.2) is 42.6 Å². The van der Waals surface area contributed by atoms with E-state index in [9.17, 15) is 9.59 Å². The Morgan fingerprint density at radius 2 is 1.92 bits per heavy atom. The maximum atomic E-state index is 12.3. The van der Waals surface area contributed by atoms with Crippen molar-refractivity contribution in [3.8, 4) is 5.75 Å². The first kappa shape index (κ1) is 17.3. The highest BCUT2D eigenvalue weighted by Crippen LogP contribution is 2.16. The molecule has 1 heterocycles. The van der Waals surface area contributed by atoms with Crippen LogP contribution >= 0.6 is 0 Å². The number of carbonyl (C=O) groups is 2. The quantitative estimate of drug-likeness (QED) is 0.850. The highest BCUT2D eigenvalue weighted by atomic mass is 16.5. The number of amides is 2. The van der Waals surface area contributed by atoms with Gasteiger partial charge >= 0.3 is 6.09 Å². The van der Waals surface area contributed by atoms with E-state index in [-0.39, 0.29) is 12.5 Å². The zero-order valence-corrected chi connectivity index (χ0v) is 13.5. The van der Waals surface area contributed by atoms with Crippen molar-refractivity contribution in [3.05, 3.63) is 53.9 Å². The number of benzene rings is 1. The maximum absolute atomic E-state index is 12.3. The minimum atomic E-state index is -0.521. The number of nitrogens with one attached hydrogen (secondary N) is 2. The van der Waals surface area contributed by atoms with Crippen LogP contribution in [0.5, 0.6) is 5.75 Å². The molecular weight excluding hydrogens is 310 g/mol. The Morgan fingerprint density at radius 1 is 1.17 bits per heavy atom. The van der Waals surface area contributed by atoms with Gasteiger partial charge in [-0.2, -0.15) is 0 Å². The summed E-state index contributed by atoms with van der Waals surface area (Å²) in [6.45, 7) is 2.20. The van der Waals surface area contributed by atoms with Gasteiger partial charge in [-0.05, 0) is 43.3 Å². The van der Waals surface area contributed by atoms with Gasteiger partial charge in [0, 0.05) is 17.4 Å². The van der Waals surface area contributed by atoms with Crippen molar-refractivity contribution in [2.45, 2.75) is 13.5 Å². The minimum absolute atomic E-state index is 0.183. The van der Waals surface area contributed by atoms with E-state index in [0.29, 0.717) is 29.3 Å². The fourth-order valence-electron chi connectivity index (χ4n) is 1.94. The van der Waals surface area contributed by atoms with E-state index in [1.54, 1.807) is 50.4 Å². The largest absolute Gasteiger partial charge is 0.497 e. The fourth-order valence-corrected chi connectivity index (χ4v) is 1.94. The Kier molecular flexibility index (Phi) is 6.13. The van der Waals surface area contributed by atoms with Gasteiger partial charge < -0.3 is 20.1 Å². The number of hydrogen-bond donors (Lipinski definition) is 2. The molecule has 2 aromatic rings. The molecule has 7 heteroatoms. The predicted octanol–water partition coefficient (Wildman–Crippen LogP) is 2.59. The molecule has 126 valence electrons. The van der Waals surface area contributed by atoms with Gasteiger partial charge in [0.05, 0.1) is 26.0 Å². The summed E-state index contributed by atoms with van der Waals surface area (Å²) in [4.78, 5) is 27.7.